The molecular formula is C13H21N3O4. The van der Waals surface area contributed by atoms with Crippen LogP contribution >= 0.6 is 0 Å². The van der Waals surface area contributed by atoms with Crippen LogP contribution in [0, 0.1) is 5.92 Å². The molecule has 7 heteroatoms. The van der Waals surface area contributed by atoms with Gasteiger partial charge in [0.15, 0.2) is 5.82 Å². The van der Waals surface area contributed by atoms with Gasteiger partial charge in [0.1, 0.15) is 0 Å². The summed E-state index contributed by atoms with van der Waals surface area (Å²) in [5, 5.41) is 12.7. The molecule has 1 atom stereocenters. The van der Waals surface area contributed by atoms with Crippen LogP contribution in [-0.4, -0.2) is 51.9 Å². The number of nitrogens with zero attached hydrogens (tertiary/aromatic N) is 3. The first kappa shape index (κ1) is 14.9. The van der Waals surface area contributed by atoms with Gasteiger partial charge in [0.25, 0.3) is 0 Å². The smallest absolute Gasteiger partial charge is 0.306 e. The van der Waals surface area contributed by atoms with Crippen molar-refractivity contribution in [1.82, 2.24) is 15.0 Å². The predicted octanol–water partition coefficient (Wildman–Crippen LogP) is 0.944. The highest BCUT2D eigenvalue weighted by molar-refractivity contribution is 5.67. The van der Waals surface area contributed by atoms with Crippen LogP contribution in [0.5, 0.6) is 0 Å². The van der Waals surface area contributed by atoms with Crippen molar-refractivity contribution < 1.29 is 19.2 Å². The zero-order valence-corrected chi connectivity index (χ0v) is 11.9. The van der Waals surface area contributed by atoms with Gasteiger partial charge in [-0.3, -0.25) is 9.69 Å². The van der Waals surface area contributed by atoms with E-state index in [1.165, 1.54) is 0 Å². The third-order valence-electron chi connectivity index (χ3n) is 3.09. The Morgan fingerprint density at radius 2 is 2.35 bits per heavy atom. The molecule has 1 N–H and O–H groups in total. The highest BCUT2D eigenvalue weighted by atomic mass is 16.5. The van der Waals surface area contributed by atoms with Crippen LogP contribution in [0.25, 0.3) is 0 Å². The van der Waals surface area contributed by atoms with E-state index in [0.717, 1.165) is 18.8 Å². The number of carboxylic acid groups (broad SMARTS) is 1. The average molecular weight is 283 g/mol. The first-order chi connectivity index (χ1) is 9.52. The number of carboxylic acids is 1. The van der Waals surface area contributed by atoms with Gasteiger partial charge < -0.3 is 14.4 Å². The normalized spacial score (nSPS) is 20.4. The maximum atomic E-state index is 10.7. The molecule has 1 unspecified atom stereocenters. The second kappa shape index (κ2) is 6.81. The zero-order chi connectivity index (χ0) is 14.5. The van der Waals surface area contributed by atoms with Crippen LogP contribution in [0.3, 0.4) is 0 Å². The average Bonchev–Trinajstić information content (AvgIpc) is 2.75. The molecule has 1 fully saturated rings. The first-order valence-corrected chi connectivity index (χ1v) is 6.90. The highest BCUT2D eigenvalue weighted by Gasteiger charge is 2.24. The van der Waals surface area contributed by atoms with Crippen molar-refractivity contribution in [3.05, 3.63) is 11.7 Å². The van der Waals surface area contributed by atoms with Crippen molar-refractivity contribution in [1.29, 1.82) is 0 Å². The predicted molar refractivity (Wildman–Crippen MR) is 70.1 cm³/mol. The molecule has 1 aliphatic heterocycles. The molecule has 0 aromatic carbocycles. The fourth-order valence-electron chi connectivity index (χ4n) is 2.24. The largest absolute Gasteiger partial charge is 0.481 e. The molecule has 1 aromatic heterocycles. The lowest BCUT2D eigenvalue weighted by molar-refractivity contribution is -0.142. The third kappa shape index (κ3) is 4.57. The lowest BCUT2D eigenvalue weighted by Gasteiger charge is -2.31. The molecule has 7 nitrogen and oxygen atoms in total. The summed E-state index contributed by atoms with van der Waals surface area (Å²) in [5.74, 6) is 0.958. The number of morpholine rings is 1. The Labute approximate surface area is 117 Å². The standard InChI is InChI=1S/C13H21N3O4/c1-9(2)5-11-14-12(20-15-11)8-16-3-4-19-10(7-16)6-13(17)18/h9-10H,3-8H2,1-2H3,(H,17,18). The zero-order valence-electron chi connectivity index (χ0n) is 11.9. The Bertz CT molecular complexity index is 447. The summed E-state index contributed by atoms with van der Waals surface area (Å²) in [4.78, 5) is 17.1. The summed E-state index contributed by atoms with van der Waals surface area (Å²) in [6.07, 6.45) is 0.562. The van der Waals surface area contributed by atoms with Gasteiger partial charge in [0, 0.05) is 19.5 Å². The summed E-state index contributed by atoms with van der Waals surface area (Å²) in [5.41, 5.74) is 0. The molecule has 0 bridgehead atoms. The monoisotopic (exact) mass is 283 g/mol. The maximum Gasteiger partial charge on any atom is 0.306 e. The number of carbonyl (C=O) groups is 1. The molecule has 1 saturated heterocycles. The summed E-state index contributed by atoms with van der Waals surface area (Å²) in [7, 11) is 0. The van der Waals surface area contributed by atoms with E-state index in [1.807, 2.05) is 0 Å². The van der Waals surface area contributed by atoms with Gasteiger partial charge in [-0.15, -0.1) is 0 Å². The minimum absolute atomic E-state index is 0.0267. The van der Waals surface area contributed by atoms with Crippen LogP contribution < -0.4 is 0 Å². The lowest BCUT2D eigenvalue weighted by atomic mass is 10.1. The highest BCUT2D eigenvalue weighted by Crippen LogP contribution is 2.12. The van der Waals surface area contributed by atoms with Gasteiger partial charge in [-0.05, 0) is 5.92 Å². The Kier molecular flexibility index (Phi) is 5.08. The molecule has 0 aliphatic carbocycles. The summed E-state index contributed by atoms with van der Waals surface area (Å²) >= 11 is 0. The Morgan fingerprint density at radius 1 is 1.55 bits per heavy atom. The lowest BCUT2D eigenvalue weighted by Crippen LogP contribution is -2.42. The van der Waals surface area contributed by atoms with E-state index in [0.29, 0.717) is 31.5 Å². The van der Waals surface area contributed by atoms with Crippen LogP contribution in [-0.2, 0) is 22.5 Å². The van der Waals surface area contributed by atoms with Crippen molar-refractivity contribution in [2.24, 2.45) is 5.92 Å². The molecule has 1 aromatic rings. The number of hydrogen-bond donors (Lipinski definition) is 1. The molecule has 2 heterocycles. The first-order valence-electron chi connectivity index (χ1n) is 6.90. The van der Waals surface area contributed by atoms with Gasteiger partial charge in [-0.25, -0.2) is 0 Å². The van der Waals surface area contributed by atoms with E-state index >= 15 is 0 Å². The Balaban J connectivity index is 1.86. The third-order valence-corrected chi connectivity index (χ3v) is 3.09. The number of hydrogen-bond acceptors (Lipinski definition) is 6. The second-order valence-electron chi connectivity index (χ2n) is 5.53. The molecule has 0 amide bonds. The molecule has 1 aliphatic rings. The molecule has 0 spiro atoms. The summed E-state index contributed by atoms with van der Waals surface area (Å²) in [6.45, 7) is 6.62. The fourth-order valence-corrected chi connectivity index (χ4v) is 2.24. The van der Waals surface area contributed by atoms with Crippen molar-refractivity contribution >= 4 is 5.97 Å². The molecular weight excluding hydrogens is 262 g/mol. The molecule has 112 valence electrons. The molecule has 0 saturated carbocycles. The number of aromatic nitrogens is 2. The Morgan fingerprint density at radius 3 is 3.05 bits per heavy atom. The second-order valence-corrected chi connectivity index (χ2v) is 5.53. The quantitative estimate of drug-likeness (QED) is 0.831. The van der Waals surface area contributed by atoms with E-state index in [9.17, 15) is 4.79 Å². The number of ether oxygens (including phenoxy) is 1. The number of aliphatic carboxylic acids is 1. The minimum Gasteiger partial charge on any atom is -0.481 e. The topological polar surface area (TPSA) is 88.7 Å². The Hall–Kier alpha value is -1.47. The SMILES string of the molecule is CC(C)Cc1noc(CN2CCOC(CC(=O)O)C2)n1. The van der Waals surface area contributed by atoms with E-state index in [4.69, 9.17) is 14.4 Å². The number of rotatable bonds is 6. The van der Waals surface area contributed by atoms with Crippen molar-refractivity contribution in [2.45, 2.75) is 39.3 Å². The molecule has 0 radical (unpaired) electrons. The van der Waals surface area contributed by atoms with E-state index < -0.39 is 5.97 Å². The van der Waals surface area contributed by atoms with Crippen LogP contribution in [0.2, 0.25) is 0 Å². The maximum absolute atomic E-state index is 10.7. The molecule has 20 heavy (non-hydrogen) atoms. The van der Waals surface area contributed by atoms with E-state index in [2.05, 4.69) is 28.9 Å². The summed E-state index contributed by atoms with van der Waals surface area (Å²) < 4.78 is 10.7. The van der Waals surface area contributed by atoms with Gasteiger partial charge >= 0.3 is 5.97 Å². The van der Waals surface area contributed by atoms with Crippen molar-refractivity contribution in [2.75, 3.05) is 19.7 Å². The minimum atomic E-state index is -0.839. The van der Waals surface area contributed by atoms with Gasteiger partial charge in [0.2, 0.25) is 5.89 Å². The van der Waals surface area contributed by atoms with Gasteiger partial charge in [-0.1, -0.05) is 19.0 Å². The van der Waals surface area contributed by atoms with Crippen LogP contribution in [0.15, 0.2) is 4.52 Å². The van der Waals surface area contributed by atoms with E-state index in [-0.39, 0.29) is 12.5 Å². The van der Waals surface area contributed by atoms with E-state index in [1.54, 1.807) is 0 Å². The van der Waals surface area contributed by atoms with Crippen molar-refractivity contribution in [3.8, 4) is 0 Å². The van der Waals surface area contributed by atoms with Gasteiger partial charge in [0.05, 0.1) is 25.7 Å². The molecule has 2 rings (SSSR count). The van der Waals surface area contributed by atoms with Crippen LogP contribution in [0.4, 0.5) is 0 Å². The fraction of sp³-hybridized carbons (Fsp3) is 0.769. The van der Waals surface area contributed by atoms with Crippen molar-refractivity contribution in [3.63, 3.8) is 0 Å². The summed E-state index contributed by atoms with van der Waals surface area (Å²) in [6, 6.07) is 0. The van der Waals surface area contributed by atoms with Gasteiger partial charge in [-0.2, -0.15) is 4.98 Å². The van der Waals surface area contributed by atoms with Crippen LogP contribution in [0.1, 0.15) is 32.0 Å².